The summed E-state index contributed by atoms with van der Waals surface area (Å²) in [5.41, 5.74) is 0.275. The molecular weight excluding hydrogens is 526 g/mol. The highest BCUT2D eigenvalue weighted by molar-refractivity contribution is 6.99. The van der Waals surface area contributed by atoms with E-state index in [2.05, 4.69) is 50.4 Å². The number of aliphatic hydroxyl groups is 2. The molecule has 0 aromatic heterocycles. The first-order valence-electron chi connectivity index (χ1n) is 13.3. The number of nitrogens with one attached hydrogen (secondary N) is 1. The SMILES string of the molecule is CC(=O)N[C@@H]1[C@@H](OC(=O)c2ccccc2)[C@H](O)[C@@H](CO[Si](c2ccccc2)(c2ccccc2)C(C)(C)C)O[C@@H]1O. The van der Waals surface area contributed by atoms with E-state index in [1.54, 1.807) is 30.3 Å². The van der Waals surface area contributed by atoms with Gasteiger partial charge in [-0.3, -0.25) is 4.79 Å². The number of rotatable bonds is 8. The van der Waals surface area contributed by atoms with Crippen molar-refractivity contribution in [1.29, 1.82) is 0 Å². The first-order chi connectivity index (χ1) is 19.0. The number of carbonyl (C=O) groups is 2. The highest BCUT2D eigenvalue weighted by Crippen LogP contribution is 2.37. The number of hydrogen-bond donors (Lipinski definition) is 3. The molecule has 0 saturated carbocycles. The molecule has 0 bridgehead atoms. The minimum atomic E-state index is -2.98. The maximum Gasteiger partial charge on any atom is 0.338 e. The maximum absolute atomic E-state index is 12.9. The molecule has 1 aliphatic rings. The fourth-order valence-corrected chi connectivity index (χ4v) is 9.90. The Bertz CT molecular complexity index is 1230. The van der Waals surface area contributed by atoms with Crippen LogP contribution in [0.1, 0.15) is 38.1 Å². The van der Waals surface area contributed by atoms with E-state index in [4.69, 9.17) is 13.9 Å². The van der Waals surface area contributed by atoms with Crippen molar-refractivity contribution in [2.75, 3.05) is 6.61 Å². The van der Waals surface area contributed by atoms with Crippen LogP contribution in [-0.4, -0.2) is 67.7 Å². The normalized spacial score (nSPS) is 23.3. The molecule has 0 unspecified atom stereocenters. The van der Waals surface area contributed by atoms with E-state index in [0.717, 1.165) is 10.4 Å². The Morgan fingerprint density at radius 3 is 1.85 bits per heavy atom. The van der Waals surface area contributed by atoms with Crippen molar-refractivity contribution in [2.45, 2.75) is 63.4 Å². The van der Waals surface area contributed by atoms with Crippen molar-refractivity contribution >= 4 is 30.6 Å². The molecule has 40 heavy (non-hydrogen) atoms. The minimum Gasteiger partial charge on any atom is -0.453 e. The fraction of sp³-hybridized carbons (Fsp3) is 0.355. The molecule has 1 amide bonds. The van der Waals surface area contributed by atoms with Crippen LogP contribution < -0.4 is 15.7 Å². The lowest BCUT2D eigenvalue weighted by atomic mass is 9.96. The fourth-order valence-electron chi connectivity index (χ4n) is 5.33. The lowest BCUT2D eigenvalue weighted by molar-refractivity contribution is -0.252. The van der Waals surface area contributed by atoms with Gasteiger partial charge in [-0.25, -0.2) is 4.79 Å². The predicted molar refractivity (Wildman–Crippen MR) is 154 cm³/mol. The van der Waals surface area contributed by atoms with Crippen molar-refractivity contribution < 1.29 is 33.7 Å². The van der Waals surface area contributed by atoms with Gasteiger partial charge in [0.2, 0.25) is 5.91 Å². The molecule has 1 saturated heterocycles. The quantitative estimate of drug-likeness (QED) is 0.285. The molecule has 0 spiro atoms. The van der Waals surface area contributed by atoms with Crippen LogP contribution in [0.3, 0.4) is 0 Å². The minimum absolute atomic E-state index is 0.0856. The summed E-state index contributed by atoms with van der Waals surface area (Å²) >= 11 is 0. The van der Waals surface area contributed by atoms with Gasteiger partial charge >= 0.3 is 5.97 Å². The van der Waals surface area contributed by atoms with E-state index in [-0.39, 0.29) is 17.2 Å². The van der Waals surface area contributed by atoms with E-state index in [1.807, 2.05) is 36.4 Å². The van der Waals surface area contributed by atoms with Gasteiger partial charge in [-0.05, 0) is 27.5 Å². The largest absolute Gasteiger partial charge is 0.453 e. The van der Waals surface area contributed by atoms with Gasteiger partial charge in [0, 0.05) is 6.92 Å². The van der Waals surface area contributed by atoms with Crippen LogP contribution in [0.4, 0.5) is 0 Å². The summed E-state index contributed by atoms with van der Waals surface area (Å²) < 4.78 is 18.4. The number of hydrogen-bond acceptors (Lipinski definition) is 7. The molecule has 1 aliphatic heterocycles. The van der Waals surface area contributed by atoms with E-state index >= 15 is 0 Å². The van der Waals surface area contributed by atoms with E-state index in [0.29, 0.717) is 0 Å². The molecule has 9 heteroatoms. The molecule has 3 aromatic carbocycles. The first-order valence-corrected chi connectivity index (χ1v) is 15.2. The van der Waals surface area contributed by atoms with E-state index in [9.17, 15) is 19.8 Å². The van der Waals surface area contributed by atoms with Crippen molar-refractivity contribution in [3.8, 4) is 0 Å². The van der Waals surface area contributed by atoms with Gasteiger partial charge in [-0.15, -0.1) is 0 Å². The summed E-state index contributed by atoms with van der Waals surface area (Å²) in [6.07, 6.45) is -5.27. The number of esters is 1. The van der Waals surface area contributed by atoms with Gasteiger partial charge in [0.05, 0.1) is 12.2 Å². The Labute approximate surface area is 236 Å². The smallest absolute Gasteiger partial charge is 0.338 e. The van der Waals surface area contributed by atoms with Crippen LogP contribution in [-0.2, 0) is 18.7 Å². The van der Waals surface area contributed by atoms with Crippen molar-refractivity contribution in [2.24, 2.45) is 0 Å². The molecule has 0 aliphatic carbocycles. The van der Waals surface area contributed by atoms with Crippen molar-refractivity contribution in [1.82, 2.24) is 5.32 Å². The van der Waals surface area contributed by atoms with Gasteiger partial charge in [-0.1, -0.05) is 99.6 Å². The average molecular weight is 564 g/mol. The Hall–Kier alpha value is -3.34. The number of carbonyl (C=O) groups excluding carboxylic acids is 2. The van der Waals surface area contributed by atoms with Crippen LogP contribution in [0, 0.1) is 0 Å². The molecule has 3 aromatic rings. The molecule has 1 fully saturated rings. The Morgan fingerprint density at radius 2 is 1.38 bits per heavy atom. The van der Waals surface area contributed by atoms with Gasteiger partial charge in [0.15, 0.2) is 12.4 Å². The number of ether oxygens (including phenoxy) is 2. The Morgan fingerprint density at radius 1 is 0.875 bits per heavy atom. The lowest BCUT2D eigenvalue weighted by Gasteiger charge is -2.46. The third kappa shape index (κ3) is 6.19. The molecule has 5 atom stereocenters. The van der Waals surface area contributed by atoms with E-state index < -0.39 is 50.8 Å². The third-order valence-electron chi connectivity index (χ3n) is 7.20. The van der Waals surface area contributed by atoms with Crippen molar-refractivity contribution in [3.05, 3.63) is 96.6 Å². The zero-order chi connectivity index (χ0) is 28.9. The molecular formula is C31H37NO7Si. The van der Waals surface area contributed by atoms with Crippen molar-refractivity contribution in [3.63, 3.8) is 0 Å². The molecule has 212 valence electrons. The number of aliphatic hydroxyl groups excluding tert-OH is 2. The highest BCUT2D eigenvalue weighted by atomic mass is 28.4. The predicted octanol–water partition coefficient (Wildman–Crippen LogP) is 2.37. The zero-order valence-corrected chi connectivity index (χ0v) is 24.2. The summed E-state index contributed by atoms with van der Waals surface area (Å²) in [5.74, 6) is -1.16. The summed E-state index contributed by atoms with van der Waals surface area (Å²) in [6.45, 7) is 7.57. The molecule has 4 rings (SSSR count). The summed E-state index contributed by atoms with van der Waals surface area (Å²) in [7, 11) is -2.98. The Balaban J connectivity index is 1.67. The maximum atomic E-state index is 12.9. The molecule has 8 nitrogen and oxygen atoms in total. The van der Waals surface area contributed by atoms with Gasteiger partial charge in [0.25, 0.3) is 8.32 Å². The molecule has 0 radical (unpaired) electrons. The Kier molecular flexibility index (Phi) is 9.22. The third-order valence-corrected chi connectivity index (χ3v) is 12.2. The lowest BCUT2D eigenvalue weighted by Crippen LogP contribution is -2.69. The first kappa shape index (κ1) is 29.6. The second kappa shape index (κ2) is 12.4. The van der Waals surface area contributed by atoms with Crippen LogP contribution in [0.2, 0.25) is 5.04 Å². The van der Waals surface area contributed by atoms with Crippen LogP contribution in [0.5, 0.6) is 0 Å². The van der Waals surface area contributed by atoms with Crippen LogP contribution in [0.25, 0.3) is 0 Å². The standard InChI is InChI=1S/C31H37NO7Si/c1-21(33)32-26-28(39-29(35)22-14-8-5-9-15-22)27(34)25(38-30(26)36)20-37-40(31(2,3)4,23-16-10-6-11-17-23)24-18-12-7-13-19-24/h5-19,25-28,30,34,36H,20H2,1-4H3,(H,32,33)/t25-,26-,27-,28-,30+/m1/s1. The summed E-state index contributed by atoms with van der Waals surface area (Å²) in [4.78, 5) is 24.8. The van der Waals surface area contributed by atoms with Gasteiger partial charge in [-0.2, -0.15) is 0 Å². The molecule has 3 N–H and O–H groups in total. The van der Waals surface area contributed by atoms with Gasteiger partial charge < -0.3 is 29.4 Å². The van der Waals surface area contributed by atoms with Crippen LogP contribution in [0.15, 0.2) is 91.0 Å². The number of amides is 1. The summed E-state index contributed by atoms with van der Waals surface area (Å²) in [6, 6.07) is 27.1. The second-order valence-electron chi connectivity index (χ2n) is 11.0. The van der Waals surface area contributed by atoms with Gasteiger partial charge in [0.1, 0.15) is 18.2 Å². The second-order valence-corrected chi connectivity index (χ2v) is 15.3. The van der Waals surface area contributed by atoms with Crippen LogP contribution >= 0.6 is 0 Å². The van der Waals surface area contributed by atoms with E-state index in [1.165, 1.54) is 6.92 Å². The monoisotopic (exact) mass is 563 g/mol. The summed E-state index contributed by atoms with van der Waals surface area (Å²) in [5, 5.41) is 26.7. The zero-order valence-electron chi connectivity index (χ0n) is 23.2. The number of benzene rings is 3. The topological polar surface area (TPSA) is 114 Å². The highest BCUT2D eigenvalue weighted by Gasteiger charge is 2.53. The average Bonchev–Trinajstić information content (AvgIpc) is 2.94. The molecule has 1 heterocycles.